The average molecular weight is 267 g/mol. The van der Waals surface area contributed by atoms with Gasteiger partial charge in [0.25, 0.3) is 0 Å². The molecule has 0 N–H and O–H groups in total. The van der Waals surface area contributed by atoms with E-state index >= 15 is 0 Å². The summed E-state index contributed by atoms with van der Waals surface area (Å²) >= 11 is 6.67. The third-order valence-electron chi connectivity index (χ3n) is 1.61. The van der Waals surface area contributed by atoms with Gasteiger partial charge >= 0.3 is 0 Å². The van der Waals surface area contributed by atoms with Gasteiger partial charge in [0.05, 0.1) is 0 Å². The van der Waals surface area contributed by atoms with Crippen LogP contribution < -0.4 is 0 Å². The molecule has 1 rings (SSSR count). The van der Waals surface area contributed by atoms with Crippen molar-refractivity contribution in [3.05, 3.63) is 3.92 Å². The zero-order chi connectivity index (χ0) is 9.14. The van der Waals surface area contributed by atoms with Crippen molar-refractivity contribution in [2.45, 2.75) is 30.4 Å². The molecule has 5 heteroatoms. The minimum absolute atomic E-state index is 0.602. The van der Waals surface area contributed by atoms with Gasteiger partial charge in [-0.15, -0.1) is 10.2 Å². The zero-order valence-corrected chi connectivity index (χ0v) is 10.5. The maximum atomic E-state index is 4.02. The van der Waals surface area contributed by atoms with E-state index in [-0.39, 0.29) is 0 Å². The Bertz CT molecular complexity index is 249. The minimum Gasteiger partial charge on any atom is -0.131 e. The SMILES string of the molecule is CC(C)C(C)Sc1nnc(Br)s1. The Hall–Kier alpha value is 0.390. The van der Waals surface area contributed by atoms with Gasteiger partial charge in [-0.05, 0) is 21.8 Å². The Morgan fingerprint density at radius 1 is 1.33 bits per heavy atom. The van der Waals surface area contributed by atoms with Crippen LogP contribution in [-0.4, -0.2) is 15.4 Å². The van der Waals surface area contributed by atoms with Crippen molar-refractivity contribution in [1.82, 2.24) is 10.2 Å². The van der Waals surface area contributed by atoms with Crippen LogP contribution in [0.15, 0.2) is 8.26 Å². The number of thioether (sulfide) groups is 1. The van der Waals surface area contributed by atoms with Gasteiger partial charge < -0.3 is 0 Å². The zero-order valence-electron chi connectivity index (χ0n) is 7.24. The maximum Gasteiger partial charge on any atom is 0.184 e. The lowest BCUT2D eigenvalue weighted by molar-refractivity contribution is 0.642. The van der Waals surface area contributed by atoms with Gasteiger partial charge in [-0.3, -0.25) is 0 Å². The highest BCUT2D eigenvalue weighted by atomic mass is 79.9. The van der Waals surface area contributed by atoms with Crippen LogP contribution in [0.2, 0.25) is 0 Å². The average Bonchev–Trinajstić information content (AvgIpc) is 2.35. The van der Waals surface area contributed by atoms with E-state index in [0.717, 1.165) is 8.26 Å². The van der Waals surface area contributed by atoms with Gasteiger partial charge in [0.1, 0.15) is 0 Å². The number of nitrogens with zero attached hydrogens (tertiary/aromatic N) is 2. The molecule has 0 spiro atoms. The Kier molecular flexibility index (Phi) is 3.99. The molecule has 0 aromatic carbocycles. The molecule has 0 aliphatic carbocycles. The molecule has 12 heavy (non-hydrogen) atoms. The van der Waals surface area contributed by atoms with E-state index in [1.165, 1.54) is 0 Å². The summed E-state index contributed by atoms with van der Waals surface area (Å²) in [5.74, 6) is 0.678. The second kappa shape index (κ2) is 4.58. The molecule has 0 aliphatic heterocycles. The standard InChI is InChI=1S/C7H11BrN2S2/c1-4(2)5(3)11-7-10-9-6(8)12-7/h4-5H,1-3H3. The van der Waals surface area contributed by atoms with Crippen LogP contribution in [-0.2, 0) is 0 Å². The van der Waals surface area contributed by atoms with Crippen molar-refractivity contribution in [2.24, 2.45) is 5.92 Å². The van der Waals surface area contributed by atoms with Gasteiger partial charge in [-0.1, -0.05) is 43.9 Å². The van der Waals surface area contributed by atoms with E-state index in [9.17, 15) is 0 Å². The summed E-state index contributed by atoms with van der Waals surface area (Å²) in [4.78, 5) is 0. The highest BCUT2D eigenvalue weighted by molar-refractivity contribution is 9.11. The van der Waals surface area contributed by atoms with Crippen molar-refractivity contribution < 1.29 is 0 Å². The molecule has 0 radical (unpaired) electrons. The van der Waals surface area contributed by atoms with Gasteiger partial charge in [0, 0.05) is 5.25 Å². The normalized spacial score (nSPS) is 13.8. The first-order valence-corrected chi connectivity index (χ1v) is 6.24. The van der Waals surface area contributed by atoms with Gasteiger partial charge in [0.15, 0.2) is 8.26 Å². The van der Waals surface area contributed by atoms with Crippen molar-refractivity contribution in [1.29, 1.82) is 0 Å². The first-order valence-electron chi connectivity index (χ1n) is 3.75. The summed E-state index contributed by atoms with van der Waals surface area (Å²) in [5.41, 5.74) is 0. The molecule has 1 unspecified atom stereocenters. The van der Waals surface area contributed by atoms with Gasteiger partial charge in [-0.2, -0.15) is 0 Å². The largest absolute Gasteiger partial charge is 0.184 e. The lowest BCUT2D eigenvalue weighted by Gasteiger charge is -2.11. The topological polar surface area (TPSA) is 25.8 Å². The van der Waals surface area contributed by atoms with Crippen molar-refractivity contribution in [2.75, 3.05) is 0 Å². The van der Waals surface area contributed by atoms with Gasteiger partial charge in [0.2, 0.25) is 0 Å². The van der Waals surface area contributed by atoms with Crippen LogP contribution in [0.1, 0.15) is 20.8 Å². The first-order chi connectivity index (χ1) is 5.59. The highest BCUT2D eigenvalue weighted by Crippen LogP contribution is 2.31. The monoisotopic (exact) mass is 266 g/mol. The molecule has 1 aromatic heterocycles. The summed E-state index contributed by atoms with van der Waals surface area (Å²) in [6.07, 6.45) is 0. The van der Waals surface area contributed by atoms with E-state index < -0.39 is 0 Å². The van der Waals surface area contributed by atoms with E-state index in [0.29, 0.717) is 11.2 Å². The molecule has 0 saturated heterocycles. The molecule has 0 bridgehead atoms. The van der Waals surface area contributed by atoms with Crippen LogP contribution in [0.3, 0.4) is 0 Å². The molecule has 0 amide bonds. The van der Waals surface area contributed by atoms with Crippen molar-refractivity contribution >= 4 is 39.0 Å². The fourth-order valence-electron chi connectivity index (χ4n) is 0.536. The second-order valence-corrected chi connectivity index (χ2v) is 6.77. The number of rotatable bonds is 3. The molecule has 0 aliphatic rings. The van der Waals surface area contributed by atoms with Crippen LogP contribution >= 0.6 is 39.0 Å². The predicted octanol–water partition coefficient (Wildman–Crippen LogP) is 3.44. The molecule has 0 fully saturated rings. The summed E-state index contributed by atoms with van der Waals surface area (Å²) in [6.45, 7) is 6.64. The fourth-order valence-corrected chi connectivity index (χ4v) is 3.27. The maximum absolute atomic E-state index is 4.02. The summed E-state index contributed by atoms with van der Waals surface area (Å²) in [6, 6.07) is 0. The van der Waals surface area contributed by atoms with Crippen LogP contribution in [0.4, 0.5) is 0 Å². The highest BCUT2D eigenvalue weighted by Gasteiger charge is 2.11. The Balaban J connectivity index is 2.52. The molecule has 1 aromatic rings. The third kappa shape index (κ3) is 3.03. The predicted molar refractivity (Wildman–Crippen MR) is 57.8 cm³/mol. The molecule has 1 atom stereocenters. The first kappa shape index (κ1) is 10.5. The molecule has 2 nitrogen and oxygen atoms in total. The minimum atomic E-state index is 0.602. The van der Waals surface area contributed by atoms with Gasteiger partial charge in [-0.25, -0.2) is 0 Å². The quantitative estimate of drug-likeness (QED) is 0.784. The number of halogens is 1. The summed E-state index contributed by atoms with van der Waals surface area (Å²) in [5, 5.41) is 8.52. The second-order valence-electron chi connectivity index (χ2n) is 2.89. The summed E-state index contributed by atoms with van der Waals surface area (Å²) in [7, 11) is 0. The number of hydrogen-bond donors (Lipinski definition) is 0. The van der Waals surface area contributed by atoms with E-state index in [1.807, 2.05) is 0 Å². The Morgan fingerprint density at radius 2 is 2.00 bits per heavy atom. The van der Waals surface area contributed by atoms with Crippen LogP contribution in [0, 0.1) is 5.92 Å². The Labute approximate surface area is 89.3 Å². The third-order valence-corrected chi connectivity index (χ3v) is 4.50. The summed E-state index contributed by atoms with van der Waals surface area (Å²) < 4.78 is 1.91. The lowest BCUT2D eigenvalue weighted by Crippen LogP contribution is -2.04. The van der Waals surface area contributed by atoms with Crippen molar-refractivity contribution in [3.63, 3.8) is 0 Å². The molecule has 1 heterocycles. The Morgan fingerprint density at radius 3 is 2.42 bits per heavy atom. The van der Waals surface area contributed by atoms with E-state index in [1.54, 1.807) is 23.1 Å². The van der Waals surface area contributed by atoms with E-state index in [2.05, 4.69) is 46.9 Å². The van der Waals surface area contributed by atoms with Crippen molar-refractivity contribution in [3.8, 4) is 0 Å². The lowest BCUT2D eigenvalue weighted by atomic mass is 10.2. The molecule has 68 valence electrons. The molecular formula is C7H11BrN2S2. The molecule has 0 saturated carbocycles. The molecular weight excluding hydrogens is 256 g/mol. The fraction of sp³-hybridized carbons (Fsp3) is 0.714. The van der Waals surface area contributed by atoms with Crippen LogP contribution in [0.5, 0.6) is 0 Å². The van der Waals surface area contributed by atoms with Crippen LogP contribution in [0.25, 0.3) is 0 Å². The number of aromatic nitrogens is 2. The smallest absolute Gasteiger partial charge is 0.131 e. The van der Waals surface area contributed by atoms with E-state index in [4.69, 9.17) is 0 Å². The number of hydrogen-bond acceptors (Lipinski definition) is 4.